The molecule has 12 heteroatoms. The third-order valence-electron chi connectivity index (χ3n) is 5.18. The maximum Gasteiger partial charge on any atom is 0.224 e. The van der Waals surface area contributed by atoms with Crippen LogP contribution in [0.5, 0.6) is 0 Å². The summed E-state index contributed by atoms with van der Waals surface area (Å²) in [6.07, 6.45) is 3.35. The number of amides is 2. The van der Waals surface area contributed by atoms with E-state index in [0.29, 0.717) is 62.4 Å². The molecule has 0 aliphatic carbocycles. The Morgan fingerprint density at radius 3 is 1.49 bits per heavy atom. The molecule has 200 valence electrons. The summed E-state index contributed by atoms with van der Waals surface area (Å²) in [4.78, 5) is 32.3. The Bertz CT molecular complexity index is 1110. The van der Waals surface area contributed by atoms with Gasteiger partial charge in [0.15, 0.2) is 5.96 Å². The van der Waals surface area contributed by atoms with Gasteiger partial charge in [-0.15, -0.1) is 0 Å². The Labute approximate surface area is 217 Å². The average Bonchev–Trinajstić information content (AvgIpc) is 2.84. The molecule has 0 aromatic heterocycles. The number of benzene rings is 2. The molecule has 2 rings (SSSR count). The molecule has 0 atom stereocenters. The van der Waals surface area contributed by atoms with Gasteiger partial charge in [-0.3, -0.25) is 19.6 Å². The molecule has 0 saturated heterocycles. The highest BCUT2D eigenvalue weighted by Gasteiger charge is 2.18. The number of nitrogens with zero attached hydrogens (tertiary/aromatic N) is 2. The van der Waals surface area contributed by atoms with Gasteiger partial charge in [-0.2, -0.15) is 0 Å². The number of rotatable bonds is 14. The second-order valence-corrected chi connectivity index (χ2v) is 10.3. The van der Waals surface area contributed by atoms with E-state index in [-0.39, 0.29) is 27.6 Å². The first-order valence-electron chi connectivity index (χ1n) is 11.9. The van der Waals surface area contributed by atoms with Crippen molar-refractivity contribution in [2.24, 2.45) is 27.2 Å². The van der Waals surface area contributed by atoms with Crippen molar-refractivity contribution in [2.75, 3.05) is 23.7 Å². The minimum atomic E-state index is -3.77. The topological polar surface area (TPSA) is 195 Å². The van der Waals surface area contributed by atoms with Crippen molar-refractivity contribution in [1.29, 1.82) is 0 Å². The number of amidine groups is 1. The summed E-state index contributed by atoms with van der Waals surface area (Å²) in [6, 6.07) is 12.0. The minimum Gasteiger partial charge on any atom is -0.388 e. The van der Waals surface area contributed by atoms with Crippen molar-refractivity contribution in [3.63, 3.8) is 0 Å². The number of anilines is 2. The molecule has 0 spiro atoms. The monoisotopic (exact) mass is 529 g/mol. The Hall–Kier alpha value is -3.93. The highest BCUT2D eigenvalue weighted by molar-refractivity contribution is 7.91. The molecule has 0 saturated carbocycles. The first kappa shape index (κ1) is 29.3. The van der Waals surface area contributed by atoms with Crippen LogP contribution in [0.2, 0.25) is 0 Å². The zero-order valence-electron chi connectivity index (χ0n) is 20.9. The standard InChI is InChI=1S/C25H35N7O4S/c1-18(26)29-16-4-2-6-23(33)31-19-8-12-21(13-9-19)37(35,36)22-14-10-20(11-15-22)32-24(34)7-3-5-17-30-25(27)28/h8-15H,2-7,16-17H2,1H3,(H2,26,29)(H,31,33)(H,32,34)(H4,27,28,30). The van der Waals surface area contributed by atoms with Gasteiger partial charge in [0.25, 0.3) is 0 Å². The van der Waals surface area contributed by atoms with Crippen LogP contribution in [0.4, 0.5) is 11.4 Å². The maximum atomic E-state index is 13.0. The van der Waals surface area contributed by atoms with Crippen molar-refractivity contribution in [1.82, 2.24) is 0 Å². The Kier molecular flexibility index (Phi) is 11.6. The molecule has 0 heterocycles. The van der Waals surface area contributed by atoms with E-state index >= 15 is 0 Å². The van der Waals surface area contributed by atoms with Gasteiger partial charge in [0.05, 0.1) is 15.6 Å². The summed E-state index contributed by atoms with van der Waals surface area (Å²) in [5.41, 5.74) is 17.0. The number of carbonyl (C=O) groups excluding carboxylic acids is 2. The first-order chi connectivity index (χ1) is 17.6. The lowest BCUT2D eigenvalue weighted by Gasteiger charge is -2.09. The predicted octanol–water partition coefficient (Wildman–Crippen LogP) is 2.39. The SMILES string of the molecule is CC(N)=NCCCCC(=O)Nc1ccc(S(=O)(=O)c2ccc(NC(=O)CCCCN=C(N)N)cc2)cc1. The lowest BCUT2D eigenvalue weighted by molar-refractivity contribution is -0.117. The van der Waals surface area contributed by atoms with Crippen molar-refractivity contribution in [2.45, 2.75) is 55.2 Å². The van der Waals surface area contributed by atoms with E-state index in [1.165, 1.54) is 24.3 Å². The molecule has 0 unspecified atom stereocenters. The van der Waals surface area contributed by atoms with E-state index in [4.69, 9.17) is 17.2 Å². The molecule has 11 nitrogen and oxygen atoms in total. The summed E-state index contributed by atoms with van der Waals surface area (Å²) in [5, 5.41) is 5.50. The summed E-state index contributed by atoms with van der Waals surface area (Å²) in [6.45, 7) is 2.76. The van der Waals surface area contributed by atoms with Gasteiger partial charge in [-0.1, -0.05) is 0 Å². The largest absolute Gasteiger partial charge is 0.388 e. The van der Waals surface area contributed by atoms with E-state index in [2.05, 4.69) is 20.6 Å². The summed E-state index contributed by atoms with van der Waals surface area (Å²) >= 11 is 0. The number of nitrogens with two attached hydrogens (primary N) is 3. The predicted molar refractivity (Wildman–Crippen MR) is 146 cm³/mol. The molecule has 2 aromatic carbocycles. The van der Waals surface area contributed by atoms with Crippen LogP contribution < -0.4 is 27.8 Å². The Morgan fingerprint density at radius 1 is 0.703 bits per heavy atom. The van der Waals surface area contributed by atoms with Gasteiger partial charge in [-0.05, 0) is 81.1 Å². The normalized spacial score (nSPS) is 11.5. The fourth-order valence-corrected chi connectivity index (χ4v) is 4.54. The third-order valence-corrected chi connectivity index (χ3v) is 6.96. The molecule has 0 aliphatic heterocycles. The molecule has 8 N–H and O–H groups in total. The van der Waals surface area contributed by atoms with Gasteiger partial charge in [0.2, 0.25) is 21.7 Å². The van der Waals surface area contributed by atoms with E-state index in [1.807, 2.05) is 0 Å². The van der Waals surface area contributed by atoms with Gasteiger partial charge in [0.1, 0.15) is 0 Å². The van der Waals surface area contributed by atoms with Crippen molar-refractivity contribution < 1.29 is 18.0 Å². The second-order valence-electron chi connectivity index (χ2n) is 8.39. The van der Waals surface area contributed by atoms with Crippen molar-refractivity contribution >= 4 is 44.8 Å². The van der Waals surface area contributed by atoms with Crippen LogP contribution in [0, 0.1) is 0 Å². The van der Waals surface area contributed by atoms with Crippen LogP contribution in [0.3, 0.4) is 0 Å². The van der Waals surface area contributed by atoms with Gasteiger partial charge >= 0.3 is 0 Å². The molecular weight excluding hydrogens is 494 g/mol. The quantitative estimate of drug-likeness (QED) is 0.141. The molecule has 0 bridgehead atoms. The lowest BCUT2D eigenvalue weighted by atomic mass is 10.2. The smallest absolute Gasteiger partial charge is 0.224 e. The number of hydrogen-bond acceptors (Lipinski definition) is 6. The van der Waals surface area contributed by atoms with Gasteiger partial charge < -0.3 is 27.8 Å². The number of unbranched alkanes of at least 4 members (excludes halogenated alkanes) is 2. The van der Waals surface area contributed by atoms with Crippen LogP contribution >= 0.6 is 0 Å². The maximum absolute atomic E-state index is 13.0. The molecule has 2 amide bonds. The number of aliphatic imine (C=N–C) groups is 2. The second kappa shape index (κ2) is 14.6. The van der Waals surface area contributed by atoms with E-state index in [9.17, 15) is 18.0 Å². The van der Waals surface area contributed by atoms with Gasteiger partial charge in [-0.25, -0.2) is 8.42 Å². The number of carbonyl (C=O) groups is 2. The van der Waals surface area contributed by atoms with Crippen LogP contribution in [0.25, 0.3) is 0 Å². The molecule has 37 heavy (non-hydrogen) atoms. The molecule has 0 fully saturated rings. The molecular formula is C25H35N7O4S. The Morgan fingerprint density at radius 2 is 1.11 bits per heavy atom. The van der Waals surface area contributed by atoms with Crippen LogP contribution in [-0.2, 0) is 19.4 Å². The lowest BCUT2D eigenvalue weighted by Crippen LogP contribution is -2.23. The van der Waals surface area contributed by atoms with Crippen molar-refractivity contribution in [3.8, 4) is 0 Å². The average molecular weight is 530 g/mol. The Balaban J connectivity index is 1.87. The van der Waals surface area contributed by atoms with E-state index in [1.54, 1.807) is 31.2 Å². The first-order valence-corrected chi connectivity index (χ1v) is 13.4. The molecule has 0 radical (unpaired) electrons. The fraction of sp³-hybridized carbons (Fsp3) is 0.360. The number of guanidine groups is 1. The van der Waals surface area contributed by atoms with Crippen LogP contribution in [-0.4, -0.2) is 45.1 Å². The number of nitrogens with one attached hydrogen (secondary N) is 2. The van der Waals surface area contributed by atoms with E-state index < -0.39 is 9.84 Å². The summed E-state index contributed by atoms with van der Waals surface area (Å²) in [5.74, 6) is 0.201. The summed E-state index contributed by atoms with van der Waals surface area (Å²) < 4.78 is 26.0. The zero-order chi connectivity index (χ0) is 27.3. The highest BCUT2D eigenvalue weighted by Crippen LogP contribution is 2.24. The number of hydrogen-bond donors (Lipinski definition) is 5. The zero-order valence-corrected chi connectivity index (χ0v) is 21.8. The van der Waals surface area contributed by atoms with Gasteiger partial charge in [0, 0.05) is 37.3 Å². The van der Waals surface area contributed by atoms with Crippen LogP contribution in [0.1, 0.15) is 45.4 Å². The van der Waals surface area contributed by atoms with E-state index in [0.717, 1.165) is 6.42 Å². The van der Waals surface area contributed by atoms with Crippen molar-refractivity contribution in [3.05, 3.63) is 48.5 Å². The highest BCUT2D eigenvalue weighted by atomic mass is 32.2. The molecule has 0 aliphatic rings. The third kappa shape index (κ3) is 10.7. The molecule has 2 aromatic rings. The summed E-state index contributed by atoms with van der Waals surface area (Å²) in [7, 11) is -3.77. The van der Waals surface area contributed by atoms with Crippen LogP contribution in [0.15, 0.2) is 68.3 Å². The fourth-order valence-electron chi connectivity index (χ4n) is 3.28. The number of sulfone groups is 1. The minimum absolute atomic E-state index is 0.0221.